The SMILES string of the molecule is CC(=O)OCCOCCOCCOCCOCCOCCOc1ccc(N)cc1. The molecule has 0 aromatic heterocycles. The number of carbonyl (C=O) groups is 1. The minimum atomic E-state index is -0.307. The molecule has 0 heterocycles. The van der Waals surface area contributed by atoms with E-state index in [1.807, 2.05) is 12.1 Å². The summed E-state index contributed by atoms with van der Waals surface area (Å²) < 4.78 is 37.0. The molecule has 0 aliphatic carbocycles. The molecule has 0 saturated heterocycles. The molecule has 0 fully saturated rings. The lowest BCUT2D eigenvalue weighted by molar-refractivity contribution is -0.142. The number of benzene rings is 1. The van der Waals surface area contributed by atoms with Crippen LogP contribution >= 0.6 is 0 Å². The van der Waals surface area contributed by atoms with Crippen molar-refractivity contribution in [3.05, 3.63) is 24.3 Å². The molecule has 9 nitrogen and oxygen atoms in total. The van der Waals surface area contributed by atoms with Crippen LogP contribution in [0.1, 0.15) is 6.92 Å². The summed E-state index contributed by atoms with van der Waals surface area (Å²) in [4.78, 5) is 10.5. The van der Waals surface area contributed by atoms with E-state index >= 15 is 0 Å². The van der Waals surface area contributed by atoms with Gasteiger partial charge in [0.05, 0.1) is 66.1 Å². The Bertz CT molecular complexity index is 512. The average molecular weight is 415 g/mol. The average Bonchev–Trinajstić information content (AvgIpc) is 2.71. The van der Waals surface area contributed by atoms with Gasteiger partial charge < -0.3 is 38.9 Å². The first-order valence-corrected chi connectivity index (χ1v) is 9.69. The number of nitrogens with two attached hydrogens (primary N) is 1. The molecular formula is C20H33NO8. The van der Waals surface area contributed by atoms with E-state index < -0.39 is 0 Å². The molecule has 0 aliphatic rings. The van der Waals surface area contributed by atoms with Crippen LogP contribution in [0.4, 0.5) is 5.69 Å². The Labute approximate surface area is 172 Å². The number of carbonyl (C=O) groups excluding carboxylic acids is 1. The van der Waals surface area contributed by atoms with Crippen LogP contribution in [0, 0.1) is 0 Å². The van der Waals surface area contributed by atoms with E-state index in [9.17, 15) is 4.79 Å². The highest BCUT2D eigenvalue weighted by atomic mass is 16.6. The third-order valence-corrected chi connectivity index (χ3v) is 3.40. The molecule has 0 amide bonds. The monoisotopic (exact) mass is 415 g/mol. The first-order chi connectivity index (χ1) is 14.2. The van der Waals surface area contributed by atoms with Crippen LogP contribution in [0.15, 0.2) is 24.3 Å². The second-order valence-corrected chi connectivity index (χ2v) is 5.82. The highest BCUT2D eigenvalue weighted by Crippen LogP contribution is 2.12. The Balaban J connectivity index is 1.71. The van der Waals surface area contributed by atoms with Crippen LogP contribution in [0.25, 0.3) is 0 Å². The van der Waals surface area contributed by atoms with Crippen molar-refractivity contribution in [3.63, 3.8) is 0 Å². The van der Waals surface area contributed by atoms with Crippen molar-refractivity contribution in [1.29, 1.82) is 0 Å². The molecule has 9 heteroatoms. The highest BCUT2D eigenvalue weighted by molar-refractivity contribution is 5.65. The first-order valence-electron chi connectivity index (χ1n) is 9.69. The molecule has 0 aliphatic heterocycles. The van der Waals surface area contributed by atoms with E-state index in [-0.39, 0.29) is 12.6 Å². The maximum Gasteiger partial charge on any atom is 0.302 e. The number of ether oxygens (including phenoxy) is 7. The van der Waals surface area contributed by atoms with Crippen LogP contribution in [0.5, 0.6) is 5.75 Å². The second kappa shape index (κ2) is 18.1. The Morgan fingerprint density at radius 2 is 1.03 bits per heavy atom. The molecule has 1 aromatic carbocycles. The standard InChI is InChI=1S/C20H33NO8/c1-18(22)28-16-14-26-12-10-24-8-6-23-7-9-25-11-13-27-15-17-29-20-4-2-19(21)3-5-20/h2-5H,6-17,21H2,1H3. The predicted molar refractivity (Wildman–Crippen MR) is 107 cm³/mol. The first kappa shape index (κ1) is 25.1. The summed E-state index contributed by atoms with van der Waals surface area (Å²) in [6.45, 7) is 6.90. The minimum absolute atomic E-state index is 0.265. The van der Waals surface area contributed by atoms with E-state index in [0.717, 1.165) is 5.75 Å². The van der Waals surface area contributed by atoms with E-state index in [4.69, 9.17) is 38.9 Å². The number of rotatable bonds is 19. The topological polar surface area (TPSA) is 108 Å². The zero-order chi connectivity index (χ0) is 21.0. The molecular weight excluding hydrogens is 382 g/mol. The number of nitrogen functional groups attached to an aromatic ring is 1. The normalized spacial score (nSPS) is 10.8. The van der Waals surface area contributed by atoms with Gasteiger partial charge in [-0.15, -0.1) is 0 Å². The molecule has 0 saturated carbocycles. The van der Waals surface area contributed by atoms with Crippen molar-refractivity contribution in [1.82, 2.24) is 0 Å². The van der Waals surface area contributed by atoms with E-state index in [0.29, 0.717) is 78.4 Å². The summed E-state index contributed by atoms with van der Waals surface area (Å²) in [5.74, 6) is 0.463. The number of anilines is 1. The van der Waals surface area contributed by atoms with Crippen molar-refractivity contribution in [2.45, 2.75) is 6.92 Å². The van der Waals surface area contributed by atoms with E-state index in [1.54, 1.807) is 12.1 Å². The fourth-order valence-electron chi connectivity index (χ4n) is 2.01. The molecule has 1 rings (SSSR count). The second-order valence-electron chi connectivity index (χ2n) is 5.82. The van der Waals surface area contributed by atoms with Crippen LogP contribution in [0.2, 0.25) is 0 Å². The maximum atomic E-state index is 10.5. The quantitative estimate of drug-likeness (QED) is 0.203. The van der Waals surface area contributed by atoms with Crippen molar-refractivity contribution in [2.75, 3.05) is 85.0 Å². The maximum absolute atomic E-state index is 10.5. The van der Waals surface area contributed by atoms with Gasteiger partial charge in [-0.05, 0) is 24.3 Å². The molecule has 1 aromatic rings. The van der Waals surface area contributed by atoms with Gasteiger partial charge in [-0.25, -0.2) is 0 Å². The van der Waals surface area contributed by atoms with Gasteiger partial charge in [0.1, 0.15) is 19.0 Å². The van der Waals surface area contributed by atoms with Gasteiger partial charge in [-0.2, -0.15) is 0 Å². The number of hydrogen-bond acceptors (Lipinski definition) is 9. The number of esters is 1. The summed E-state index contributed by atoms with van der Waals surface area (Å²) >= 11 is 0. The van der Waals surface area contributed by atoms with Gasteiger partial charge in [-0.3, -0.25) is 4.79 Å². The summed E-state index contributed by atoms with van der Waals surface area (Å²) in [7, 11) is 0. The zero-order valence-corrected chi connectivity index (χ0v) is 17.1. The van der Waals surface area contributed by atoms with Gasteiger partial charge in [0.15, 0.2) is 0 Å². The van der Waals surface area contributed by atoms with Crippen molar-refractivity contribution in [3.8, 4) is 5.75 Å². The van der Waals surface area contributed by atoms with Gasteiger partial charge >= 0.3 is 5.97 Å². The fourth-order valence-corrected chi connectivity index (χ4v) is 2.01. The third kappa shape index (κ3) is 16.7. The highest BCUT2D eigenvalue weighted by Gasteiger charge is 1.96. The zero-order valence-electron chi connectivity index (χ0n) is 17.1. The number of hydrogen-bond donors (Lipinski definition) is 1. The van der Waals surface area contributed by atoms with Crippen LogP contribution < -0.4 is 10.5 Å². The largest absolute Gasteiger partial charge is 0.491 e. The molecule has 29 heavy (non-hydrogen) atoms. The summed E-state index contributed by atoms with van der Waals surface area (Å²) in [6, 6.07) is 7.24. The summed E-state index contributed by atoms with van der Waals surface area (Å²) in [6.07, 6.45) is 0. The van der Waals surface area contributed by atoms with Gasteiger partial charge in [0.2, 0.25) is 0 Å². The smallest absolute Gasteiger partial charge is 0.302 e. The molecule has 2 N–H and O–H groups in total. The van der Waals surface area contributed by atoms with Crippen molar-refractivity contribution in [2.24, 2.45) is 0 Å². The van der Waals surface area contributed by atoms with Gasteiger partial charge in [0, 0.05) is 12.6 Å². The Morgan fingerprint density at radius 1 is 0.655 bits per heavy atom. The van der Waals surface area contributed by atoms with Crippen LogP contribution in [0.3, 0.4) is 0 Å². The molecule has 0 spiro atoms. The molecule has 0 bridgehead atoms. The Morgan fingerprint density at radius 3 is 1.45 bits per heavy atom. The summed E-state index contributed by atoms with van der Waals surface area (Å²) in [5.41, 5.74) is 6.32. The lowest BCUT2D eigenvalue weighted by Crippen LogP contribution is -2.15. The lowest BCUT2D eigenvalue weighted by Gasteiger charge is -2.09. The van der Waals surface area contributed by atoms with Crippen molar-refractivity contribution < 1.29 is 38.0 Å². The molecule has 166 valence electrons. The molecule has 0 unspecified atom stereocenters. The Hall–Kier alpha value is -1.91. The lowest BCUT2D eigenvalue weighted by atomic mass is 10.3. The van der Waals surface area contributed by atoms with Crippen molar-refractivity contribution >= 4 is 11.7 Å². The van der Waals surface area contributed by atoms with Crippen LogP contribution in [-0.2, 0) is 33.2 Å². The van der Waals surface area contributed by atoms with Crippen LogP contribution in [-0.4, -0.2) is 85.3 Å². The predicted octanol–water partition coefficient (Wildman–Crippen LogP) is 1.29. The molecule has 0 atom stereocenters. The summed E-state index contributed by atoms with van der Waals surface area (Å²) in [5, 5.41) is 0. The van der Waals surface area contributed by atoms with Gasteiger partial charge in [-0.1, -0.05) is 0 Å². The Kier molecular flexibility index (Phi) is 15.7. The minimum Gasteiger partial charge on any atom is -0.491 e. The molecule has 0 radical (unpaired) electrons. The third-order valence-electron chi connectivity index (χ3n) is 3.40. The van der Waals surface area contributed by atoms with Gasteiger partial charge in [0.25, 0.3) is 0 Å². The fraction of sp³-hybridized carbons (Fsp3) is 0.650. The van der Waals surface area contributed by atoms with E-state index in [1.165, 1.54) is 6.92 Å². The van der Waals surface area contributed by atoms with E-state index in [2.05, 4.69) is 0 Å².